The molecule has 130 valence electrons. The molecule has 0 amide bonds. The van der Waals surface area contributed by atoms with Gasteiger partial charge in [-0.05, 0) is 44.4 Å². The van der Waals surface area contributed by atoms with Gasteiger partial charge in [-0.2, -0.15) is 5.10 Å². The summed E-state index contributed by atoms with van der Waals surface area (Å²) in [7, 11) is 0. The zero-order valence-electron chi connectivity index (χ0n) is 14.9. The van der Waals surface area contributed by atoms with Crippen LogP contribution >= 0.6 is 0 Å². The molecule has 4 rings (SSSR count). The summed E-state index contributed by atoms with van der Waals surface area (Å²) in [6.07, 6.45) is 7.45. The maximum absolute atomic E-state index is 5.98. The Morgan fingerprint density at radius 1 is 1.16 bits per heavy atom. The molecule has 0 spiro atoms. The van der Waals surface area contributed by atoms with E-state index in [1.807, 2.05) is 29.2 Å². The Hall–Kier alpha value is -2.56. The molecule has 5 nitrogen and oxygen atoms in total. The fourth-order valence-corrected chi connectivity index (χ4v) is 3.25. The summed E-state index contributed by atoms with van der Waals surface area (Å²) in [6, 6.07) is 10.3. The Bertz CT molecular complexity index is 867. The first-order chi connectivity index (χ1) is 12.2. The fraction of sp³-hybridized carbons (Fsp3) is 0.400. The summed E-state index contributed by atoms with van der Waals surface area (Å²) in [5.41, 5.74) is 2.09. The van der Waals surface area contributed by atoms with Crippen molar-refractivity contribution in [2.24, 2.45) is 0 Å². The van der Waals surface area contributed by atoms with Gasteiger partial charge in [-0.15, -0.1) is 0 Å². The van der Waals surface area contributed by atoms with E-state index in [0.717, 1.165) is 47.7 Å². The number of nitrogens with zero attached hydrogens (tertiary/aromatic N) is 4. The predicted molar refractivity (Wildman–Crippen MR) is 101 cm³/mol. The standard InChI is InChI=1S/C20H24N4O/c1-3-15(2)25-18-7-6-16-14-22-24(19(16)13-18)17-8-9-21-20(12-17)23-10-4-5-11-23/h6-9,12-15H,3-5,10-11H2,1-2H3. The third kappa shape index (κ3) is 3.18. The lowest BCUT2D eigenvalue weighted by Gasteiger charge is -2.17. The van der Waals surface area contributed by atoms with Crippen molar-refractivity contribution in [3.63, 3.8) is 0 Å². The van der Waals surface area contributed by atoms with Gasteiger partial charge in [0.15, 0.2) is 0 Å². The maximum atomic E-state index is 5.98. The molecule has 0 radical (unpaired) electrons. The van der Waals surface area contributed by atoms with Crippen molar-refractivity contribution in [1.82, 2.24) is 14.8 Å². The predicted octanol–water partition coefficient (Wildman–Crippen LogP) is 4.20. The average molecular weight is 336 g/mol. The van der Waals surface area contributed by atoms with E-state index in [2.05, 4.69) is 47.0 Å². The zero-order valence-corrected chi connectivity index (χ0v) is 14.9. The SMILES string of the molecule is CCC(C)Oc1ccc2cnn(-c3ccnc(N4CCCC4)c3)c2c1. The first-order valence-electron chi connectivity index (χ1n) is 9.10. The molecule has 1 fully saturated rings. The molecule has 25 heavy (non-hydrogen) atoms. The van der Waals surface area contributed by atoms with Crippen LogP contribution in [0.5, 0.6) is 5.75 Å². The Labute approximate surface area is 148 Å². The second kappa shape index (κ2) is 6.75. The molecular weight excluding hydrogens is 312 g/mol. The van der Waals surface area contributed by atoms with E-state index in [9.17, 15) is 0 Å². The number of benzene rings is 1. The smallest absolute Gasteiger partial charge is 0.130 e. The second-order valence-electron chi connectivity index (χ2n) is 6.68. The molecule has 1 saturated heterocycles. The van der Waals surface area contributed by atoms with Gasteiger partial charge in [0, 0.05) is 36.8 Å². The van der Waals surface area contributed by atoms with Crippen molar-refractivity contribution in [3.05, 3.63) is 42.7 Å². The number of aromatic nitrogens is 3. The van der Waals surface area contributed by atoms with Crippen molar-refractivity contribution < 1.29 is 4.74 Å². The molecule has 3 heterocycles. The fourth-order valence-electron chi connectivity index (χ4n) is 3.25. The Morgan fingerprint density at radius 3 is 2.80 bits per heavy atom. The molecule has 0 bridgehead atoms. The van der Waals surface area contributed by atoms with Gasteiger partial charge in [-0.25, -0.2) is 9.67 Å². The summed E-state index contributed by atoms with van der Waals surface area (Å²) in [4.78, 5) is 6.88. The molecule has 1 atom stereocenters. The first-order valence-corrected chi connectivity index (χ1v) is 9.10. The zero-order chi connectivity index (χ0) is 17.2. The second-order valence-corrected chi connectivity index (χ2v) is 6.68. The molecule has 0 aliphatic carbocycles. The van der Waals surface area contributed by atoms with E-state index in [1.165, 1.54) is 12.8 Å². The van der Waals surface area contributed by atoms with Crippen molar-refractivity contribution in [1.29, 1.82) is 0 Å². The Balaban J connectivity index is 1.71. The van der Waals surface area contributed by atoms with Gasteiger partial charge in [-0.3, -0.25) is 0 Å². The van der Waals surface area contributed by atoms with Crippen LogP contribution in [0.25, 0.3) is 16.6 Å². The summed E-state index contributed by atoms with van der Waals surface area (Å²) in [6.45, 7) is 6.39. The van der Waals surface area contributed by atoms with E-state index in [0.29, 0.717) is 0 Å². The van der Waals surface area contributed by atoms with Gasteiger partial charge in [0.05, 0.1) is 23.5 Å². The molecule has 1 unspecified atom stereocenters. The van der Waals surface area contributed by atoms with Crippen LogP contribution in [-0.4, -0.2) is 34.0 Å². The normalized spacial score (nSPS) is 15.7. The average Bonchev–Trinajstić information content (AvgIpc) is 3.31. The molecule has 1 aromatic carbocycles. The van der Waals surface area contributed by atoms with Crippen molar-refractivity contribution in [3.8, 4) is 11.4 Å². The van der Waals surface area contributed by atoms with Crippen LogP contribution in [0.2, 0.25) is 0 Å². The monoisotopic (exact) mass is 336 g/mol. The van der Waals surface area contributed by atoms with Crippen molar-refractivity contribution >= 4 is 16.7 Å². The van der Waals surface area contributed by atoms with Crippen molar-refractivity contribution in [2.45, 2.75) is 39.2 Å². The van der Waals surface area contributed by atoms with Crippen LogP contribution in [-0.2, 0) is 0 Å². The number of fused-ring (bicyclic) bond motifs is 1. The Morgan fingerprint density at radius 2 is 2.00 bits per heavy atom. The van der Waals surface area contributed by atoms with Gasteiger partial charge >= 0.3 is 0 Å². The molecule has 1 aliphatic rings. The van der Waals surface area contributed by atoms with Gasteiger partial charge in [-0.1, -0.05) is 6.92 Å². The Kier molecular flexibility index (Phi) is 4.30. The summed E-state index contributed by atoms with van der Waals surface area (Å²) in [5, 5.41) is 5.70. The lowest BCUT2D eigenvalue weighted by Crippen LogP contribution is -2.19. The largest absolute Gasteiger partial charge is 0.491 e. The quantitative estimate of drug-likeness (QED) is 0.700. The highest BCUT2D eigenvalue weighted by atomic mass is 16.5. The van der Waals surface area contributed by atoms with E-state index >= 15 is 0 Å². The van der Waals surface area contributed by atoms with Crippen molar-refractivity contribution in [2.75, 3.05) is 18.0 Å². The molecule has 3 aromatic rings. The molecule has 2 aromatic heterocycles. The summed E-state index contributed by atoms with van der Waals surface area (Å²) in [5.74, 6) is 1.92. The van der Waals surface area contributed by atoms with E-state index in [1.54, 1.807) is 0 Å². The minimum atomic E-state index is 0.205. The minimum absolute atomic E-state index is 0.205. The number of pyridine rings is 1. The van der Waals surface area contributed by atoms with Gasteiger partial charge in [0.25, 0.3) is 0 Å². The van der Waals surface area contributed by atoms with Crippen LogP contribution in [0.15, 0.2) is 42.7 Å². The van der Waals surface area contributed by atoms with Crippen LogP contribution in [0.1, 0.15) is 33.1 Å². The lowest BCUT2D eigenvalue weighted by molar-refractivity contribution is 0.217. The number of anilines is 1. The van der Waals surface area contributed by atoms with Crippen LogP contribution in [0.4, 0.5) is 5.82 Å². The topological polar surface area (TPSA) is 43.2 Å². The summed E-state index contributed by atoms with van der Waals surface area (Å²) >= 11 is 0. The summed E-state index contributed by atoms with van der Waals surface area (Å²) < 4.78 is 7.95. The molecule has 0 N–H and O–H groups in total. The molecule has 0 saturated carbocycles. The molecule has 1 aliphatic heterocycles. The minimum Gasteiger partial charge on any atom is -0.491 e. The van der Waals surface area contributed by atoms with Gasteiger partial charge in [0.1, 0.15) is 11.6 Å². The highest BCUT2D eigenvalue weighted by Gasteiger charge is 2.15. The number of ether oxygens (including phenoxy) is 1. The highest BCUT2D eigenvalue weighted by Crippen LogP contribution is 2.26. The van der Waals surface area contributed by atoms with Crippen LogP contribution in [0.3, 0.4) is 0 Å². The third-order valence-electron chi connectivity index (χ3n) is 4.86. The van der Waals surface area contributed by atoms with Crippen LogP contribution < -0.4 is 9.64 Å². The van der Waals surface area contributed by atoms with E-state index in [-0.39, 0.29) is 6.10 Å². The lowest BCUT2D eigenvalue weighted by atomic mass is 10.2. The van der Waals surface area contributed by atoms with Gasteiger partial charge < -0.3 is 9.64 Å². The molecule has 5 heteroatoms. The third-order valence-corrected chi connectivity index (χ3v) is 4.86. The number of rotatable bonds is 5. The number of hydrogen-bond acceptors (Lipinski definition) is 4. The van der Waals surface area contributed by atoms with E-state index in [4.69, 9.17) is 4.74 Å². The molecular formula is C20H24N4O. The van der Waals surface area contributed by atoms with Crippen LogP contribution in [0, 0.1) is 0 Å². The van der Waals surface area contributed by atoms with Gasteiger partial charge in [0.2, 0.25) is 0 Å². The van der Waals surface area contributed by atoms with E-state index < -0.39 is 0 Å². The number of hydrogen-bond donors (Lipinski definition) is 0. The first kappa shape index (κ1) is 15.9. The highest BCUT2D eigenvalue weighted by molar-refractivity contribution is 5.81. The maximum Gasteiger partial charge on any atom is 0.130 e.